The molecule has 2 aliphatic rings. The minimum Gasteiger partial charge on any atom is -0.369 e. The summed E-state index contributed by atoms with van der Waals surface area (Å²) in [5, 5.41) is 0. The summed E-state index contributed by atoms with van der Waals surface area (Å²) < 4.78 is 29.1. The largest absolute Gasteiger partial charge is 0.369 e. The van der Waals surface area contributed by atoms with E-state index in [1.807, 2.05) is 6.92 Å². The van der Waals surface area contributed by atoms with Gasteiger partial charge in [0, 0.05) is 14.0 Å². The number of rotatable bonds is 6. The van der Waals surface area contributed by atoms with Gasteiger partial charge in [-0.15, -0.1) is 18.3 Å². The van der Waals surface area contributed by atoms with Crippen molar-refractivity contribution in [1.82, 2.24) is 0 Å². The lowest BCUT2D eigenvalue weighted by Gasteiger charge is -2.40. The van der Waals surface area contributed by atoms with Crippen LogP contribution in [0.25, 0.3) is 0 Å². The van der Waals surface area contributed by atoms with Crippen molar-refractivity contribution in [1.29, 1.82) is 0 Å². The summed E-state index contributed by atoms with van der Waals surface area (Å²) in [5.41, 5.74) is -0.0689. The third-order valence-electron chi connectivity index (χ3n) is 3.54. The zero-order valence-corrected chi connectivity index (χ0v) is 13.4. The molecule has 0 N–H and O–H groups in total. The maximum Gasteiger partial charge on any atom is 0.280 e. The van der Waals surface area contributed by atoms with Gasteiger partial charge in [0.1, 0.15) is 23.7 Å². The Labute approximate surface area is 124 Å². The number of hydrogen-bond acceptors (Lipinski definition) is 6. The van der Waals surface area contributed by atoms with Gasteiger partial charge in [0.2, 0.25) is 0 Å². The highest BCUT2D eigenvalue weighted by Crippen LogP contribution is 2.42. The van der Waals surface area contributed by atoms with Crippen molar-refractivity contribution in [3.8, 4) is 0 Å². The van der Waals surface area contributed by atoms with E-state index in [1.54, 1.807) is 31.9 Å². The predicted molar refractivity (Wildman–Crippen MR) is 77.6 cm³/mol. The Balaban J connectivity index is 2.16. The Morgan fingerprint density at radius 1 is 1.35 bits per heavy atom. The van der Waals surface area contributed by atoms with Gasteiger partial charge in [-0.05, 0) is 12.7 Å². The lowest BCUT2D eigenvalue weighted by atomic mass is 10.0. The fourth-order valence-electron chi connectivity index (χ4n) is 2.56. The van der Waals surface area contributed by atoms with Crippen molar-refractivity contribution in [3.05, 3.63) is 12.7 Å². The molecule has 2 aliphatic heterocycles. The summed E-state index contributed by atoms with van der Waals surface area (Å²) in [6.07, 6.45) is 1.07. The molecule has 0 saturated carbocycles. The zero-order chi connectivity index (χ0) is 14.8. The highest BCUT2D eigenvalue weighted by Gasteiger charge is 2.56. The van der Waals surface area contributed by atoms with E-state index in [9.17, 15) is 0 Å². The highest BCUT2D eigenvalue weighted by molar-refractivity contribution is 7.99. The van der Waals surface area contributed by atoms with Crippen LogP contribution < -0.4 is 0 Å². The van der Waals surface area contributed by atoms with Gasteiger partial charge in [-0.25, -0.2) is 0 Å². The topological polar surface area (TPSA) is 46.2 Å². The highest BCUT2D eigenvalue weighted by atomic mass is 32.2. The fourth-order valence-corrected chi connectivity index (χ4v) is 3.54. The molecule has 20 heavy (non-hydrogen) atoms. The summed E-state index contributed by atoms with van der Waals surface area (Å²) in [5.74, 6) is -0.0864. The molecular formula is C14H24O5S. The standard InChI is InChI=1S/C14H24O5S/c1-6-8-16-10-9(3)17-13(20-7-2)12-11(10)18-14(4,15-5)19-12/h6,9-13H,1,7-8H2,2-5H3/t9-,10-,11+,12+,13-,14?/m0/s1. The summed E-state index contributed by atoms with van der Waals surface area (Å²) >= 11 is 1.71. The second-order valence-electron chi connectivity index (χ2n) is 4.98. The minimum absolute atomic E-state index is 0.0666. The van der Waals surface area contributed by atoms with Crippen LogP contribution in [0.1, 0.15) is 20.8 Å². The molecule has 6 heteroatoms. The van der Waals surface area contributed by atoms with Crippen LogP contribution in [0.3, 0.4) is 0 Å². The van der Waals surface area contributed by atoms with Crippen LogP contribution >= 0.6 is 11.8 Å². The molecule has 0 aromatic heterocycles. The van der Waals surface area contributed by atoms with E-state index in [0.717, 1.165) is 5.75 Å². The molecule has 0 bridgehead atoms. The van der Waals surface area contributed by atoms with Crippen LogP contribution in [0, 0.1) is 0 Å². The first-order valence-corrected chi connectivity index (χ1v) is 8.00. The molecule has 2 rings (SSSR count). The lowest BCUT2D eigenvalue weighted by Crippen LogP contribution is -2.55. The van der Waals surface area contributed by atoms with E-state index in [1.165, 1.54) is 0 Å². The molecule has 1 unspecified atom stereocenters. The Morgan fingerprint density at radius 2 is 2.05 bits per heavy atom. The van der Waals surface area contributed by atoms with Crippen LogP contribution in [0.5, 0.6) is 0 Å². The van der Waals surface area contributed by atoms with Crippen molar-refractivity contribution in [3.63, 3.8) is 0 Å². The normalized spacial score (nSPS) is 44.3. The van der Waals surface area contributed by atoms with E-state index >= 15 is 0 Å². The Hall–Kier alpha value is -0.110. The van der Waals surface area contributed by atoms with Gasteiger partial charge in [0.05, 0.1) is 12.7 Å². The smallest absolute Gasteiger partial charge is 0.280 e. The van der Waals surface area contributed by atoms with E-state index in [4.69, 9.17) is 23.7 Å². The summed E-state index contributed by atoms with van der Waals surface area (Å²) in [6, 6.07) is 0. The second-order valence-corrected chi connectivity index (χ2v) is 6.36. The molecule has 0 aromatic carbocycles. The van der Waals surface area contributed by atoms with Gasteiger partial charge >= 0.3 is 0 Å². The third-order valence-corrected chi connectivity index (χ3v) is 4.58. The molecule has 2 fully saturated rings. The molecule has 5 nitrogen and oxygen atoms in total. The summed E-state index contributed by atoms with van der Waals surface area (Å²) in [6.45, 7) is 10.0. The molecular weight excluding hydrogens is 280 g/mol. The maximum atomic E-state index is 6.03. The first-order valence-electron chi connectivity index (χ1n) is 6.95. The Morgan fingerprint density at radius 3 is 2.65 bits per heavy atom. The van der Waals surface area contributed by atoms with Gasteiger partial charge in [-0.2, -0.15) is 0 Å². The minimum atomic E-state index is -1.04. The number of thioether (sulfide) groups is 1. The predicted octanol–water partition coefficient (Wildman–Crippen LogP) is 2.16. The van der Waals surface area contributed by atoms with Crippen molar-refractivity contribution in [2.24, 2.45) is 0 Å². The van der Waals surface area contributed by atoms with Crippen LogP contribution in [0.4, 0.5) is 0 Å². The number of ether oxygens (including phenoxy) is 5. The van der Waals surface area contributed by atoms with E-state index < -0.39 is 5.97 Å². The lowest BCUT2D eigenvalue weighted by molar-refractivity contribution is -0.320. The molecule has 2 heterocycles. The van der Waals surface area contributed by atoms with Crippen molar-refractivity contribution in [2.75, 3.05) is 19.5 Å². The average molecular weight is 304 g/mol. The molecule has 0 spiro atoms. The Kier molecular flexibility index (Phi) is 5.50. The van der Waals surface area contributed by atoms with Gasteiger partial charge < -0.3 is 23.7 Å². The molecule has 116 valence electrons. The SMILES string of the molecule is C=CCO[C@@H]1[C@H]2OC(C)(OC)O[C@H]2[C@H](SCC)O[C@H]1C. The van der Waals surface area contributed by atoms with Crippen LogP contribution in [0.15, 0.2) is 12.7 Å². The zero-order valence-electron chi connectivity index (χ0n) is 12.5. The van der Waals surface area contributed by atoms with Crippen molar-refractivity contribution < 1.29 is 23.7 Å². The quantitative estimate of drug-likeness (QED) is 0.701. The molecule has 6 atom stereocenters. The van der Waals surface area contributed by atoms with E-state index in [0.29, 0.717) is 6.61 Å². The van der Waals surface area contributed by atoms with Gasteiger partial charge in [0.15, 0.2) is 0 Å². The summed E-state index contributed by atoms with van der Waals surface area (Å²) in [7, 11) is 1.57. The number of methoxy groups -OCH3 is 1. The monoisotopic (exact) mass is 304 g/mol. The second kappa shape index (κ2) is 6.77. The fraction of sp³-hybridized carbons (Fsp3) is 0.857. The van der Waals surface area contributed by atoms with Crippen LogP contribution in [-0.4, -0.2) is 55.3 Å². The van der Waals surface area contributed by atoms with E-state index in [-0.39, 0.29) is 29.9 Å². The molecule has 0 radical (unpaired) electrons. The first kappa shape index (κ1) is 16.3. The van der Waals surface area contributed by atoms with Crippen LogP contribution in [-0.2, 0) is 23.7 Å². The molecule has 0 amide bonds. The maximum absolute atomic E-state index is 6.03. The van der Waals surface area contributed by atoms with E-state index in [2.05, 4.69) is 13.5 Å². The number of fused-ring (bicyclic) bond motifs is 1. The average Bonchev–Trinajstić information content (AvgIpc) is 2.77. The third kappa shape index (κ3) is 3.21. The summed E-state index contributed by atoms with van der Waals surface area (Å²) in [4.78, 5) is 0. The van der Waals surface area contributed by atoms with Gasteiger partial charge in [-0.3, -0.25) is 0 Å². The van der Waals surface area contributed by atoms with Gasteiger partial charge in [0.25, 0.3) is 5.97 Å². The van der Waals surface area contributed by atoms with Crippen molar-refractivity contribution >= 4 is 11.8 Å². The van der Waals surface area contributed by atoms with Crippen molar-refractivity contribution in [2.45, 2.75) is 56.6 Å². The first-order chi connectivity index (χ1) is 9.54. The molecule has 0 aromatic rings. The Bertz CT molecular complexity index is 340. The molecule has 0 aliphatic carbocycles. The molecule has 2 saturated heterocycles. The number of hydrogen-bond donors (Lipinski definition) is 0. The van der Waals surface area contributed by atoms with Gasteiger partial charge in [-0.1, -0.05) is 13.0 Å². The van der Waals surface area contributed by atoms with Crippen LogP contribution in [0.2, 0.25) is 0 Å².